The Kier molecular flexibility index (Phi) is 7.77. The molecule has 2 heterocycles. The fourth-order valence-corrected chi connectivity index (χ4v) is 3.01. The van der Waals surface area contributed by atoms with Crippen LogP contribution in [0.5, 0.6) is 0 Å². The molecule has 25 heavy (non-hydrogen) atoms. The second kappa shape index (κ2) is 10.1. The Morgan fingerprint density at radius 2 is 2.12 bits per heavy atom. The maximum absolute atomic E-state index is 11.7. The van der Waals surface area contributed by atoms with Crippen LogP contribution in [0, 0.1) is 0 Å². The molecule has 9 heteroatoms. The predicted octanol–water partition coefficient (Wildman–Crippen LogP) is 2.01. The number of aliphatic hydroxyl groups is 1. The van der Waals surface area contributed by atoms with Crippen LogP contribution in [0.25, 0.3) is 0 Å². The molecule has 4 N–H and O–H groups in total. The van der Waals surface area contributed by atoms with E-state index in [1.54, 1.807) is 24.3 Å². The molecule has 0 aliphatic rings. The number of nitrogens with one attached hydrogen (secondary N) is 3. The van der Waals surface area contributed by atoms with E-state index in [1.807, 2.05) is 6.92 Å². The van der Waals surface area contributed by atoms with Crippen molar-refractivity contribution in [1.29, 1.82) is 0 Å². The Hall–Kier alpha value is -2.03. The van der Waals surface area contributed by atoms with Crippen molar-refractivity contribution in [2.24, 2.45) is 4.99 Å². The molecule has 1 amide bonds. The van der Waals surface area contributed by atoms with E-state index < -0.39 is 6.10 Å². The van der Waals surface area contributed by atoms with Gasteiger partial charge in [0, 0.05) is 24.5 Å². The molecule has 0 saturated heterocycles. The number of halogens is 1. The summed E-state index contributed by atoms with van der Waals surface area (Å²) in [6.07, 6.45) is 0.751. The van der Waals surface area contributed by atoms with Gasteiger partial charge in [0.1, 0.15) is 6.10 Å². The number of carbonyl (C=O) groups is 1. The average molecular weight is 385 g/mol. The highest BCUT2D eigenvalue weighted by Crippen LogP contribution is 2.26. The fourth-order valence-electron chi connectivity index (χ4n) is 1.97. The summed E-state index contributed by atoms with van der Waals surface area (Å²) >= 11 is 7.20. The monoisotopic (exact) mass is 384 g/mol. The number of aliphatic imine (C=N–C) groups is 1. The lowest BCUT2D eigenvalue weighted by Crippen LogP contribution is -2.41. The van der Waals surface area contributed by atoms with Crippen molar-refractivity contribution in [1.82, 2.24) is 16.0 Å². The number of thiophene rings is 1. The second-order valence-corrected chi connectivity index (χ2v) is 6.78. The summed E-state index contributed by atoms with van der Waals surface area (Å²) in [6.45, 7) is 3.74. The number of nitrogens with zero attached hydrogens (tertiary/aromatic N) is 1. The van der Waals surface area contributed by atoms with E-state index in [9.17, 15) is 9.90 Å². The molecule has 0 aromatic carbocycles. The van der Waals surface area contributed by atoms with Gasteiger partial charge in [-0.2, -0.15) is 0 Å². The van der Waals surface area contributed by atoms with Gasteiger partial charge >= 0.3 is 0 Å². The maximum atomic E-state index is 11.7. The van der Waals surface area contributed by atoms with Crippen molar-refractivity contribution in [3.8, 4) is 0 Å². The van der Waals surface area contributed by atoms with Gasteiger partial charge in [-0.15, -0.1) is 11.3 Å². The van der Waals surface area contributed by atoms with Crippen molar-refractivity contribution in [2.45, 2.75) is 13.0 Å². The summed E-state index contributed by atoms with van der Waals surface area (Å²) in [4.78, 5) is 16.8. The SMILES string of the molecule is CCNC(=NCC(O)c1ccc(Cl)s1)NCCNC(=O)c1ccco1. The molecule has 0 fully saturated rings. The van der Waals surface area contributed by atoms with Crippen LogP contribution >= 0.6 is 22.9 Å². The minimum absolute atomic E-state index is 0.213. The molecule has 0 aliphatic heterocycles. The molecule has 136 valence electrons. The van der Waals surface area contributed by atoms with Gasteiger partial charge in [-0.1, -0.05) is 11.6 Å². The first-order chi connectivity index (χ1) is 12.1. The van der Waals surface area contributed by atoms with Crippen LogP contribution < -0.4 is 16.0 Å². The van der Waals surface area contributed by atoms with E-state index >= 15 is 0 Å². The molecule has 0 spiro atoms. The van der Waals surface area contributed by atoms with Gasteiger partial charge in [-0.25, -0.2) is 0 Å². The molecule has 2 aromatic heterocycles. The van der Waals surface area contributed by atoms with Crippen LogP contribution in [0.3, 0.4) is 0 Å². The lowest BCUT2D eigenvalue weighted by atomic mass is 10.3. The second-order valence-electron chi connectivity index (χ2n) is 5.04. The lowest BCUT2D eigenvalue weighted by molar-refractivity contribution is 0.0926. The van der Waals surface area contributed by atoms with Crippen LogP contribution in [0.15, 0.2) is 39.9 Å². The quantitative estimate of drug-likeness (QED) is 0.317. The van der Waals surface area contributed by atoms with Crippen molar-refractivity contribution < 1.29 is 14.3 Å². The minimum atomic E-state index is -0.702. The van der Waals surface area contributed by atoms with Gasteiger partial charge in [0.15, 0.2) is 11.7 Å². The van der Waals surface area contributed by atoms with E-state index in [0.717, 1.165) is 4.88 Å². The standard InChI is InChI=1S/C16H21ClN4O3S/c1-2-18-16(21-10-11(22)13-5-6-14(17)25-13)20-8-7-19-15(23)12-4-3-9-24-12/h3-6,9,11,22H,2,7-8,10H2,1H3,(H,19,23)(H2,18,20,21). The van der Waals surface area contributed by atoms with Crippen LogP contribution in [-0.4, -0.2) is 43.2 Å². The number of furan rings is 1. The summed E-state index contributed by atoms with van der Waals surface area (Å²) < 4.78 is 5.65. The highest BCUT2D eigenvalue weighted by atomic mass is 35.5. The number of hydrogen-bond acceptors (Lipinski definition) is 5. The van der Waals surface area contributed by atoms with Gasteiger partial charge in [0.05, 0.1) is 17.1 Å². The predicted molar refractivity (Wildman–Crippen MR) is 99.3 cm³/mol. The van der Waals surface area contributed by atoms with E-state index in [4.69, 9.17) is 16.0 Å². The summed E-state index contributed by atoms with van der Waals surface area (Å²) in [5.74, 6) is 0.577. The van der Waals surface area contributed by atoms with Crippen molar-refractivity contribution >= 4 is 34.8 Å². The molecule has 2 rings (SSSR count). The maximum Gasteiger partial charge on any atom is 0.287 e. The Labute approximate surface area is 155 Å². The number of hydrogen-bond donors (Lipinski definition) is 4. The zero-order chi connectivity index (χ0) is 18.1. The molecule has 0 saturated carbocycles. The highest BCUT2D eigenvalue weighted by molar-refractivity contribution is 7.16. The van der Waals surface area contributed by atoms with Crippen molar-refractivity contribution in [2.75, 3.05) is 26.2 Å². The van der Waals surface area contributed by atoms with Crippen molar-refractivity contribution in [3.63, 3.8) is 0 Å². The first-order valence-electron chi connectivity index (χ1n) is 7.87. The number of amides is 1. The van der Waals surface area contributed by atoms with Crippen molar-refractivity contribution in [3.05, 3.63) is 45.5 Å². The largest absolute Gasteiger partial charge is 0.459 e. The van der Waals surface area contributed by atoms with E-state index in [2.05, 4.69) is 20.9 Å². The Morgan fingerprint density at radius 1 is 1.32 bits per heavy atom. The first kappa shape index (κ1) is 19.3. The third-order valence-corrected chi connectivity index (χ3v) is 4.47. The van der Waals surface area contributed by atoms with Crippen LogP contribution in [0.1, 0.15) is 28.5 Å². The van der Waals surface area contributed by atoms with E-state index in [0.29, 0.717) is 29.9 Å². The van der Waals surface area contributed by atoms with Crippen LogP contribution in [0.2, 0.25) is 4.34 Å². The number of rotatable bonds is 8. The molecule has 7 nitrogen and oxygen atoms in total. The van der Waals surface area contributed by atoms with Gasteiger partial charge in [-0.05, 0) is 31.2 Å². The van der Waals surface area contributed by atoms with Gasteiger partial charge in [-0.3, -0.25) is 9.79 Å². The number of guanidine groups is 1. The Balaban J connectivity index is 1.76. The molecule has 0 radical (unpaired) electrons. The topological polar surface area (TPSA) is 98.9 Å². The molecular weight excluding hydrogens is 364 g/mol. The summed E-state index contributed by atoms with van der Waals surface area (Å²) in [7, 11) is 0. The third-order valence-electron chi connectivity index (χ3n) is 3.14. The molecule has 0 bridgehead atoms. The Morgan fingerprint density at radius 3 is 2.76 bits per heavy atom. The Bertz CT molecular complexity index is 687. The summed E-state index contributed by atoms with van der Waals surface area (Å²) in [5, 5.41) is 19.0. The molecular formula is C16H21ClN4O3S. The smallest absolute Gasteiger partial charge is 0.287 e. The molecule has 1 atom stereocenters. The lowest BCUT2D eigenvalue weighted by Gasteiger charge is -2.12. The molecule has 0 aliphatic carbocycles. The molecule has 2 aromatic rings. The zero-order valence-electron chi connectivity index (χ0n) is 13.8. The van der Waals surface area contributed by atoms with Gasteiger partial charge in [0.2, 0.25) is 0 Å². The zero-order valence-corrected chi connectivity index (χ0v) is 15.4. The highest BCUT2D eigenvalue weighted by Gasteiger charge is 2.10. The van der Waals surface area contributed by atoms with E-state index in [1.165, 1.54) is 17.6 Å². The summed E-state index contributed by atoms with van der Waals surface area (Å²) in [6, 6.07) is 6.80. The summed E-state index contributed by atoms with van der Waals surface area (Å²) in [5.41, 5.74) is 0. The minimum Gasteiger partial charge on any atom is -0.459 e. The normalized spacial score (nSPS) is 12.7. The van der Waals surface area contributed by atoms with Gasteiger partial charge in [0.25, 0.3) is 5.91 Å². The van der Waals surface area contributed by atoms with Crippen LogP contribution in [0.4, 0.5) is 0 Å². The first-order valence-corrected chi connectivity index (χ1v) is 9.06. The number of aliphatic hydroxyl groups excluding tert-OH is 1. The van der Waals surface area contributed by atoms with Gasteiger partial charge < -0.3 is 25.5 Å². The molecule has 1 unspecified atom stereocenters. The number of carbonyl (C=O) groups excluding carboxylic acids is 1. The van der Waals surface area contributed by atoms with Crippen LogP contribution in [-0.2, 0) is 0 Å². The van der Waals surface area contributed by atoms with E-state index in [-0.39, 0.29) is 18.2 Å². The average Bonchev–Trinajstić information content (AvgIpc) is 3.27. The third kappa shape index (κ3) is 6.41. The fraction of sp³-hybridized carbons (Fsp3) is 0.375.